The molecule has 1 heterocycles. The number of anilines is 1. The summed E-state index contributed by atoms with van der Waals surface area (Å²) in [6, 6.07) is 12.0. The molecule has 108 valence electrons. The topological polar surface area (TPSA) is 52.0 Å². The Morgan fingerprint density at radius 1 is 1.33 bits per heavy atom. The van der Waals surface area contributed by atoms with Crippen LogP contribution < -0.4 is 5.32 Å². The third kappa shape index (κ3) is 3.77. The van der Waals surface area contributed by atoms with Crippen LogP contribution >= 0.6 is 0 Å². The van der Waals surface area contributed by atoms with Gasteiger partial charge in [-0.3, -0.25) is 0 Å². The highest BCUT2D eigenvalue weighted by molar-refractivity contribution is 5.51. The number of nitrogens with one attached hydrogen (secondary N) is 1. The molecule has 2 aromatic rings. The van der Waals surface area contributed by atoms with Gasteiger partial charge in [0.1, 0.15) is 17.7 Å². The maximum atomic E-state index is 13.4. The molecule has 2 rings (SSSR count). The van der Waals surface area contributed by atoms with E-state index in [1.165, 1.54) is 12.1 Å². The molecule has 0 saturated heterocycles. The summed E-state index contributed by atoms with van der Waals surface area (Å²) in [6.07, 6.45) is 1.63. The molecule has 0 fully saturated rings. The predicted octanol–water partition coefficient (Wildman–Crippen LogP) is 2.81. The van der Waals surface area contributed by atoms with Crippen LogP contribution in [-0.2, 0) is 0 Å². The lowest BCUT2D eigenvalue weighted by molar-refractivity contribution is 0.311. The third-order valence-corrected chi connectivity index (χ3v) is 3.25. The Morgan fingerprint density at radius 3 is 2.81 bits per heavy atom. The lowest BCUT2D eigenvalue weighted by atomic mass is 10.1. The van der Waals surface area contributed by atoms with Crippen LogP contribution in [0.4, 0.5) is 10.2 Å². The minimum atomic E-state index is -0.255. The zero-order chi connectivity index (χ0) is 15.2. The van der Waals surface area contributed by atoms with Gasteiger partial charge in [-0.1, -0.05) is 12.1 Å². The van der Waals surface area contributed by atoms with E-state index in [4.69, 9.17) is 5.26 Å². The molecule has 0 saturated carbocycles. The Labute approximate surface area is 123 Å². The maximum Gasteiger partial charge on any atom is 0.143 e. The minimum absolute atomic E-state index is 0.0192. The van der Waals surface area contributed by atoms with Crippen molar-refractivity contribution in [1.29, 1.82) is 5.26 Å². The van der Waals surface area contributed by atoms with E-state index in [1.807, 2.05) is 25.1 Å². The second-order valence-corrected chi connectivity index (χ2v) is 4.93. The van der Waals surface area contributed by atoms with E-state index in [2.05, 4.69) is 16.4 Å². The maximum absolute atomic E-state index is 13.4. The first-order valence-electron chi connectivity index (χ1n) is 6.62. The SMILES string of the molecule is CN(C)C(CNc1ncccc1C#N)c1cccc(F)c1. The molecule has 0 aliphatic heterocycles. The summed E-state index contributed by atoms with van der Waals surface area (Å²) >= 11 is 0. The molecule has 1 atom stereocenters. The summed E-state index contributed by atoms with van der Waals surface area (Å²) in [7, 11) is 3.86. The standard InChI is InChI=1S/C16H17FN4/c1-21(2)15(12-5-3-7-14(17)9-12)11-20-16-13(10-18)6-4-8-19-16/h3-9,15H,11H2,1-2H3,(H,19,20). The van der Waals surface area contributed by atoms with Gasteiger partial charge in [-0.2, -0.15) is 5.26 Å². The molecular formula is C16H17FN4. The number of nitrogens with zero attached hydrogens (tertiary/aromatic N) is 3. The Morgan fingerprint density at radius 2 is 2.14 bits per heavy atom. The van der Waals surface area contributed by atoms with Gasteiger partial charge < -0.3 is 10.2 Å². The van der Waals surface area contributed by atoms with Gasteiger partial charge in [-0.25, -0.2) is 9.37 Å². The zero-order valence-electron chi connectivity index (χ0n) is 12.0. The van der Waals surface area contributed by atoms with Gasteiger partial charge in [0.25, 0.3) is 0 Å². The summed E-state index contributed by atoms with van der Waals surface area (Å²) in [5.41, 5.74) is 1.37. The first-order valence-corrected chi connectivity index (χ1v) is 6.62. The number of pyridine rings is 1. The monoisotopic (exact) mass is 284 g/mol. The first kappa shape index (κ1) is 14.9. The van der Waals surface area contributed by atoms with Gasteiger partial charge in [0, 0.05) is 12.7 Å². The highest BCUT2D eigenvalue weighted by Gasteiger charge is 2.15. The molecule has 0 radical (unpaired) electrons. The van der Waals surface area contributed by atoms with Crippen molar-refractivity contribution in [2.75, 3.05) is 26.0 Å². The normalized spacial score (nSPS) is 12.0. The Bertz CT molecular complexity index is 649. The van der Waals surface area contributed by atoms with Crippen LogP contribution in [0.3, 0.4) is 0 Å². The fourth-order valence-electron chi connectivity index (χ4n) is 2.14. The van der Waals surface area contributed by atoms with Gasteiger partial charge in [-0.15, -0.1) is 0 Å². The largest absolute Gasteiger partial charge is 0.367 e. The molecule has 0 aliphatic carbocycles. The van der Waals surface area contributed by atoms with Crippen LogP contribution in [0.1, 0.15) is 17.2 Å². The van der Waals surface area contributed by atoms with Crippen molar-refractivity contribution in [1.82, 2.24) is 9.88 Å². The number of hydrogen-bond donors (Lipinski definition) is 1. The van der Waals surface area contributed by atoms with Crippen molar-refractivity contribution in [2.45, 2.75) is 6.04 Å². The summed E-state index contributed by atoms with van der Waals surface area (Å²) in [6.45, 7) is 0.530. The molecule has 0 bridgehead atoms. The van der Waals surface area contributed by atoms with E-state index in [0.717, 1.165) is 5.56 Å². The lowest BCUT2D eigenvalue weighted by Crippen LogP contribution is -2.27. The third-order valence-electron chi connectivity index (χ3n) is 3.25. The van der Waals surface area contributed by atoms with Crippen LogP contribution in [0.2, 0.25) is 0 Å². The summed E-state index contributed by atoms with van der Waals surface area (Å²) in [4.78, 5) is 6.16. The molecule has 0 spiro atoms. The van der Waals surface area contributed by atoms with E-state index >= 15 is 0 Å². The van der Waals surface area contributed by atoms with Crippen LogP contribution in [0.15, 0.2) is 42.6 Å². The van der Waals surface area contributed by atoms with Crippen LogP contribution in [0, 0.1) is 17.1 Å². The van der Waals surface area contributed by atoms with Gasteiger partial charge in [-0.05, 0) is 43.9 Å². The molecule has 0 aliphatic rings. The highest BCUT2D eigenvalue weighted by Crippen LogP contribution is 2.20. The van der Waals surface area contributed by atoms with E-state index < -0.39 is 0 Å². The Kier molecular flexibility index (Phi) is 4.85. The van der Waals surface area contributed by atoms with Crippen molar-refractivity contribution in [2.24, 2.45) is 0 Å². The van der Waals surface area contributed by atoms with E-state index in [-0.39, 0.29) is 11.9 Å². The fourth-order valence-corrected chi connectivity index (χ4v) is 2.14. The number of hydrogen-bond acceptors (Lipinski definition) is 4. The van der Waals surface area contributed by atoms with Crippen molar-refractivity contribution < 1.29 is 4.39 Å². The number of halogens is 1. The van der Waals surface area contributed by atoms with Crippen molar-refractivity contribution in [3.8, 4) is 6.07 Å². The van der Waals surface area contributed by atoms with Gasteiger partial charge >= 0.3 is 0 Å². The van der Waals surface area contributed by atoms with E-state index in [1.54, 1.807) is 24.4 Å². The number of likely N-dealkylation sites (N-methyl/N-ethyl adjacent to an activating group) is 1. The van der Waals surface area contributed by atoms with Gasteiger partial charge in [0.05, 0.1) is 11.6 Å². The number of aromatic nitrogens is 1. The molecule has 1 aromatic heterocycles. The highest BCUT2D eigenvalue weighted by atomic mass is 19.1. The van der Waals surface area contributed by atoms with Crippen LogP contribution in [-0.4, -0.2) is 30.5 Å². The molecule has 1 aromatic carbocycles. The smallest absolute Gasteiger partial charge is 0.143 e. The van der Waals surface area contributed by atoms with E-state index in [9.17, 15) is 4.39 Å². The van der Waals surface area contributed by atoms with Crippen molar-refractivity contribution in [3.05, 3.63) is 59.5 Å². The van der Waals surface area contributed by atoms with Crippen LogP contribution in [0.5, 0.6) is 0 Å². The Hall–Kier alpha value is -2.45. The molecular weight excluding hydrogens is 267 g/mol. The van der Waals surface area contributed by atoms with Crippen LogP contribution in [0.25, 0.3) is 0 Å². The summed E-state index contributed by atoms with van der Waals surface area (Å²) < 4.78 is 13.4. The molecule has 4 nitrogen and oxygen atoms in total. The molecule has 0 amide bonds. The molecule has 5 heteroatoms. The summed E-state index contributed by atoms with van der Waals surface area (Å²) in [5, 5.41) is 12.2. The minimum Gasteiger partial charge on any atom is -0.367 e. The molecule has 21 heavy (non-hydrogen) atoms. The van der Waals surface area contributed by atoms with Gasteiger partial charge in [0.2, 0.25) is 0 Å². The zero-order valence-corrected chi connectivity index (χ0v) is 12.0. The number of rotatable bonds is 5. The average molecular weight is 284 g/mol. The quantitative estimate of drug-likeness (QED) is 0.917. The molecule has 1 unspecified atom stereocenters. The fraction of sp³-hybridized carbons (Fsp3) is 0.250. The summed E-state index contributed by atoms with van der Waals surface area (Å²) in [5.74, 6) is 0.290. The second kappa shape index (κ2) is 6.82. The number of benzene rings is 1. The molecule has 1 N–H and O–H groups in total. The Balaban J connectivity index is 2.16. The number of nitriles is 1. The van der Waals surface area contributed by atoms with Crippen molar-refractivity contribution >= 4 is 5.82 Å². The lowest BCUT2D eigenvalue weighted by Gasteiger charge is -2.25. The van der Waals surface area contributed by atoms with E-state index in [0.29, 0.717) is 17.9 Å². The predicted molar refractivity (Wildman–Crippen MR) is 80.3 cm³/mol. The average Bonchev–Trinajstić information content (AvgIpc) is 2.47. The van der Waals surface area contributed by atoms with Crippen molar-refractivity contribution in [3.63, 3.8) is 0 Å². The second-order valence-electron chi connectivity index (χ2n) is 4.93. The van der Waals surface area contributed by atoms with Gasteiger partial charge in [0.15, 0.2) is 0 Å². The first-order chi connectivity index (χ1) is 10.1.